The molecule has 4 heteroatoms. The maximum absolute atomic E-state index is 13.3. The molecular formula is C22H26N2O2. The van der Waals surface area contributed by atoms with Crippen LogP contribution in [-0.2, 0) is 0 Å². The maximum atomic E-state index is 13.3. The highest BCUT2D eigenvalue weighted by molar-refractivity contribution is 6.29. The van der Waals surface area contributed by atoms with E-state index in [4.69, 9.17) is 11.5 Å². The van der Waals surface area contributed by atoms with E-state index in [2.05, 4.69) is 13.8 Å². The molecule has 2 aromatic rings. The van der Waals surface area contributed by atoms with Crippen molar-refractivity contribution in [3.63, 3.8) is 0 Å². The molecular weight excluding hydrogens is 324 g/mol. The van der Waals surface area contributed by atoms with Gasteiger partial charge in [0.1, 0.15) is 0 Å². The summed E-state index contributed by atoms with van der Waals surface area (Å²) in [7, 11) is 0. The van der Waals surface area contributed by atoms with Crippen molar-refractivity contribution in [1.29, 1.82) is 0 Å². The highest BCUT2D eigenvalue weighted by Gasteiger charge is 2.35. The van der Waals surface area contributed by atoms with Crippen molar-refractivity contribution in [3.05, 3.63) is 69.8 Å². The van der Waals surface area contributed by atoms with E-state index in [0.717, 1.165) is 36.8 Å². The molecule has 4 N–H and O–H groups in total. The van der Waals surface area contributed by atoms with Gasteiger partial charge < -0.3 is 11.5 Å². The lowest BCUT2D eigenvalue weighted by atomic mass is 9.76. The van der Waals surface area contributed by atoms with Gasteiger partial charge in [0.25, 0.3) is 0 Å². The van der Waals surface area contributed by atoms with Gasteiger partial charge in [-0.15, -0.1) is 0 Å². The molecule has 0 amide bonds. The molecule has 0 aliphatic heterocycles. The Morgan fingerprint density at radius 3 is 1.46 bits per heavy atom. The van der Waals surface area contributed by atoms with Crippen LogP contribution in [0.2, 0.25) is 0 Å². The Balaban J connectivity index is 2.27. The van der Waals surface area contributed by atoms with E-state index in [1.807, 2.05) is 12.1 Å². The zero-order valence-electron chi connectivity index (χ0n) is 15.4. The molecule has 0 aromatic heterocycles. The molecule has 0 spiro atoms. The van der Waals surface area contributed by atoms with Gasteiger partial charge in [-0.2, -0.15) is 0 Å². The number of ketones is 2. The number of carbonyl (C=O) groups is 2. The van der Waals surface area contributed by atoms with Crippen LogP contribution in [0.3, 0.4) is 0 Å². The summed E-state index contributed by atoms with van der Waals surface area (Å²) in [5.41, 5.74) is 16.0. The normalized spacial score (nSPS) is 15.4. The molecule has 3 rings (SSSR count). The molecule has 4 nitrogen and oxygen atoms in total. The third kappa shape index (κ3) is 3.00. The summed E-state index contributed by atoms with van der Waals surface area (Å²) < 4.78 is 0. The molecule has 0 saturated heterocycles. The molecule has 0 saturated carbocycles. The topological polar surface area (TPSA) is 86.2 Å². The van der Waals surface area contributed by atoms with Crippen LogP contribution in [-0.4, -0.2) is 11.6 Å². The first-order chi connectivity index (χ1) is 12.5. The van der Waals surface area contributed by atoms with Crippen LogP contribution in [0.1, 0.15) is 94.6 Å². The SMILES string of the molecule is CCCC(N)c1ccc(C(N)CCC)c2c1C(=O)c1ccccc1C2=O. The van der Waals surface area contributed by atoms with Gasteiger partial charge in [0.2, 0.25) is 0 Å². The van der Waals surface area contributed by atoms with Crippen LogP contribution in [0, 0.1) is 0 Å². The minimum atomic E-state index is -0.271. The van der Waals surface area contributed by atoms with Gasteiger partial charge in [0.15, 0.2) is 11.6 Å². The standard InChI is InChI=1S/C22H26N2O2/c1-3-7-17(23)15-11-12-16(18(24)8-4-2)20-19(15)21(25)13-9-5-6-10-14(13)22(20)26/h5-6,9-12,17-18H,3-4,7-8,23-24H2,1-2H3. The second-order valence-corrected chi connectivity index (χ2v) is 6.99. The van der Waals surface area contributed by atoms with Gasteiger partial charge in [-0.05, 0) is 24.0 Å². The monoisotopic (exact) mass is 350 g/mol. The predicted molar refractivity (Wildman–Crippen MR) is 103 cm³/mol. The summed E-state index contributed by atoms with van der Waals surface area (Å²) in [6.07, 6.45) is 3.34. The highest BCUT2D eigenvalue weighted by Crippen LogP contribution is 2.36. The first-order valence-electron chi connectivity index (χ1n) is 9.37. The average Bonchev–Trinajstić information content (AvgIpc) is 2.65. The fourth-order valence-electron chi connectivity index (χ4n) is 3.82. The van der Waals surface area contributed by atoms with Crippen LogP contribution in [0.5, 0.6) is 0 Å². The third-order valence-corrected chi connectivity index (χ3v) is 5.14. The lowest BCUT2D eigenvalue weighted by Gasteiger charge is -2.27. The summed E-state index contributed by atoms with van der Waals surface area (Å²) in [5.74, 6) is -0.246. The lowest BCUT2D eigenvalue weighted by Crippen LogP contribution is -2.28. The Hall–Kier alpha value is -2.30. The Labute approximate surface area is 154 Å². The van der Waals surface area contributed by atoms with Crippen LogP contribution in [0.15, 0.2) is 36.4 Å². The second kappa shape index (κ2) is 7.52. The van der Waals surface area contributed by atoms with E-state index >= 15 is 0 Å². The van der Waals surface area contributed by atoms with Crippen LogP contribution in [0.4, 0.5) is 0 Å². The smallest absolute Gasteiger partial charge is 0.194 e. The van der Waals surface area contributed by atoms with Crippen molar-refractivity contribution in [2.75, 3.05) is 0 Å². The van der Waals surface area contributed by atoms with Crippen molar-refractivity contribution in [1.82, 2.24) is 0 Å². The van der Waals surface area contributed by atoms with Crippen LogP contribution < -0.4 is 11.5 Å². The van der Waals surface area contributed by atoms with E-state index in [9.17, 15) is 9.59 Å². The minimum absolute atomic E-state index is 0.123. The number of nitrogens with two attached hydrogens (primary N) is 2. The van der Waals surface area contributed by atoms with E-state index < -0.39 is 0 Å². The second-order valence-electron chi connectivity index (χ2n) is 6.99. The van der Waals surface area contributed by atoms with E-state index in [1.165, 1.54) is 0 Å². The molecule has 1 aliphatic carbocycles. The van der Waals surface area contributed by atoms with Crippen molar-refractivity contribution in [2.45, 2.75) is 51.6 Å². The molecule has 136 valence electrons. The van der Waals surface area contributed by atoms with Gasteiger partial charge in [-0.1, -0.05) is 63.1 Å². The Bertz CT molecular complexity index is 787. The Morgan fingerprint density at radius 1 is 0.731 bits per heavy atom. The minimum Gasteiger partial charge on any atom is -0.324 e. The predicted octanol–water partition coefficient (Wildman–Crippen LogP) is 4.06. The summed E-state index contributed by atoms with van der Waals surface area (Å²) in [5, 5.41) is 0. The number of carbonyl (C=O) groups excluding carboxylic acids is 2. The zero-order chi connectivity index (χ0) is 18.8. The average molecular weight is 350 g/mol. The molecule has 2 aromatic carbocycles. The maximum Gasteiger partial charge on any atom is 0.194 e. The first kappa shape index (κ1) is 18.5. The first-order valence-corrected chi connectivity index (χ1v) is 9.37. The van der Waals surface area contributed by atoms with E-state index in [0.29, 0.717) is 22.3 Å². The number of benzene rings is 2. The summed E-state index contributed by atoms with van der Waals surface area (Å²) in [4.78, 5) is 26.5. The molecule has 2 atom stereocenters. The summed E-state index contributed by atoms with van der Waals surface area (Å²) in [6, 6.07) is 10.2. The quantitative estimate of drug-likeness (QED) is 0.702. The van der Waals surface area contributed by atoms with Gasteiger partial charge >= 0.3 is 0 Å². The van der Waals surface area contributed by atoms with Gasteiger partial charge in [-0.3, -0.25) is 9.59 Å². The van der Waals surface area contributed by atoms with Crippen LogP contribution >= 0.6 is 0 Å². The Kier molecular flexibility index (Phi) is 5.35. The molecule has 0 radical (unpaired) electrons. The molecule has 0 bridgehead atoms. The number of fused-ring (bicyclic) bond motifs is 2. The van der Waals surface area contributed by atoms with Crippen molar-refractivity contribution in [3.8, 4) is 0 Å². The summed E-state index contributed by atoms with van der Waals surface area (Å²) >= 11 is 0. The zero-order valence-corrected chi connectivity index (χ0v) is 15.4. The molecule has 0 fully saturated rings. The van der Waals surface area contributed by atoms with Crippen molar-refractivity contribution < 1.29 is 9.59 Å². The largest absolute Gasteiger partial charge is 0.324 e. The van der Waals surface area contributed by atoms with Crippen molar-refractivity contribution >= 4 is 11.6 Å². The van der Waals surface area contributed by atoms with Gasteiger partial charge in [0.05, 0.1) is 0 Å². The molecule has 1 aliphatic rings. The van der Waals surface area contributed by atoms with Gasteiger partial charge in [-0.25, -0.2) is 0 Å². The number of hydrogen-bond acceptors (Lipinski definition) is 4. The fourth-order valence-corrected chi connectivity index (χ4v) is 3.82. The van der Waals surface area contributed by atoms with Gasteiger partial charge in [0, 0.05) is 34.3 Å². The number of hydrogen-bond donors (Lipinski definition) is 2. The molecule has 2 unspecified atom stereocenters. The fraction of sp³-hybridized carbons (Fsp3) is 0.364. The van der Waals surface area contributed by atoms with E-state index in [1.54, 1.807) is 24.3 Å². The van der Waals surface area contributed by atoms with Crippen molar-refractivity contribution in [2.24, 2.45) is 11.5 Å². The number of rotatable bonds is 6. The molecule has 0 heterocycles. The summed E-state index contributed by atoms with van der Waals surface area (Å²) in [6.45, 7) is 4.11. The van der Waals surface area contributed by atoms with E-state index in [-0.39, 0.29) is 23.7 Å². The molecule has 26 heavy (non-hydrogen) atoms. The highest BCUT2D eigenvalue weighted by atomic mass is 16.1. The lowest BCUT2D eigenvalue weighted by molar-refractivity contribution is 0.0976. The third-order valence-electron chi connectivity index (χ3n) is 5.14. The van der Waals surface area contributed by atoms with Crippen LogP contribution in [0.25, 0.3) is 0 Å². The Morgan fingerprint density at radius 2 is 1.12 bits per heavy atom.